The Morgan fingerprint density at radius 1 is 1.03 bits per heavy atom. The van der Waals surface area contributed by atoms with E-state index in [1.165, 1.54) is 0 Å². The van der Waals surface area contributed by atoms with E-state index in [1.807, 2.05) is 44.2 Å². The molecule has 0 aliphatic carbocycles. The smallest absolute Gasteiger partial charge is 0.246 e. The molecule has 2 aliphatic rings. The van der Waals surface area contributed by atoms with Crippen molar-refractivity contribution in [3.05, 3.63) is 35.9 Å². The van der Waals surface area contributed by atoms with Gasteiger partial charge in [0.15, 0.2) is 0 Å². The summed E-state index contributed by atoms with van der Waals surface area (Å²) in [7, 11) is 0. The van der Waals surface area contributed by atoms with Gasteiger partial charge in [0.1, 0.15) is 23.7 Å². The first-order chi connectivity index (χ1) is 16.7. The summed E-state index contributed by atoms with van der Waals surface area (Å²) in [5, 5.41) is 17.8. The first-order valence-corrected chi connectivity index (χ1v) is 12.6. The van der Waals surface area contributed by atoms with Crippen molar-refractivity contribution in [3.63, 3.8) is 0 Å². The van der Waals surface area contributed by atoms with Crippen molar-refractivity contribution in [2.45, 2.75) is 83.0 Å². The van der Waals surface area contributed by atoms with Crippen LogP contribution in [0.2, 0.25) is 0 Å². The molecule has 4 amide bonds. The summed E-state index contributed by atoms with van der Waals surface area (Å²) >= 11 is 0. The Bertz CT molecular complexity index is 922. The number of fused-ring (bicyclic) bond motifs is 1. The third-order valence-electron chi connectivity index (χ3n) is 7.27. The Morgan fingerprint density at radius 3 is 2.40 bits per heavy atom. The van der Waals surface area contributed by atoms with Gasteiger partial charge in [0.05, 0.1) is 0 Å². The van der Waals surface area contributed by atoms with Crippen molar-refractivity contribution in [2.75, 3.05) is 13.2 Å². The van der Waals surface area contributed by atoms with Gasteiger partial charge < -0.3 is 26.0 Å². The molecular weight excluding hydrogens is 448 g/mol. The number of nitrogens with one attached hydrogen (secondary N) is 3. The number of hydrogen-bond acceptors (Lipinski definition) is 5. The molecule has 9 heteroatoms. The highest BCUT2D eigenvalue weighted by Gasteiger charge is 2.45. The lowest BCUT2D eigenvalue weighted by Crippen LogP contribution is -2.67. The van der Waals surface area contributed by atoms with Crippen LogP contribution in [0.15, 0.2) is 30.3 Å². The minimum Gasteiger partial charge on any atom is -0.396 e. The molecule has 3 rings (SSSR count). The van der Waals surface area contributed by atoms with Crippen LogP contribution in [-0.2, 0) is 25.6 Å². The van der Waals surface area contributed by atoms with E-state index in [0.29, 0.717) is 38.6 Å². The fraction of sp³-hybridized carbons (Fsp3) is 0.615. The molecule has 0 spiro atoms. The average molecular weight is 487 g/mol. The van der Waals surface area contributed by atoms with Gasteiger partial charge in [-0.25, -0.2) is 0 Å². The van der Waals surface area contributed by atoms with Crippen LogP contribution in [0.4, 0.5) is 0 Å². The van der Waals surface area contributed by atoms with Crippen LogP contribution in [-0.4, -0.2) is 70.5 Å². The van der Waals surface area contributed by atoms with Crippen LogP contribution in [0.1, 0.15) is 58.4 Å². The number of aliphatic hydroxyl groups excluding tert-OH is 1. The molecule has 2 saturated heterocycles. The molecule has 4 atom stereocenters. The molecule has 1 unspecified atom stereocenters. The largest absolute Gasteiger partial charge is 0.396 e. The van der Waals surface area contributed by atoms with E-state index in [-0.39, 0.29) is 30.8 Å². The number of benzene rings is 1. The van der Waals surface area contributed by atoms with Crippen molar-refractivity contribution < 1.29 is 24.3 Å². The van der Waals surface area contributed by atoms with Gasteiger partial charge >= 0.3 is 0 Å². The minimum absolute atomic E-state index is 0.0118. The molecule has 0 radical (unpaired) electrons. The monoisotopic (exact) mass is 486 g/mol. The zero-order chi connectivity index (χ0) is 25.6. The molecule has 1 aromatic rings. The predicted octanol–water partition coefficient (Wildman–Crippen LogP) is 0.897. The molecule has 0 saturated carbocycles. The second kappa shape index (κ2) is 11.7. The normalized spacial score (nSPS) is 28.0. The van der Waals surface area contributed by atoms with E-state index >= 15 is 0 Å². The number of rotatable bonds is 7. The fourth-order valence-electron chi connectivity index (χ4n) is 4.66. The van der Waals surface area contributed by atoms with Gasteiger partial charge in [-0.1, -0.05) is 44.2 Å². The zero-order valence-corrected chi connectivity index (χ0v) is 20.9. The highest BCUT2D eigenvalue weighted by Crippen LogP contribution is 2.23. The third kappa shape index (κ3) is 6.20. The number of unbranched alkanes of at least 4 members (excludes halogenated alkanes) is 1. The topological polar surface area (TPSA) is 128 Å². The van der Waals surface area contributed by atoms with Crippen molar-refractivity contribution in [1.29, 1.82) is 0 Å². The van der Waals surface area contributed by atoms with Gasteiger partial charge in [0.25, 0.3) is 0 Å². The first kappa shape index (κ1) is 26.7. The van der Waals surface area contributed by atoms with Crippen molar-refractivity contribution in [1.82, 2.24) is 20.9 Å². The molecule has 2 aliphatic heterocycles. The lowest BCUT2D eigenvalue weighted by atomic mass is 9.86. The van der Waals surface area contributed by atoms with E-state index in [0.717, 1.165) is 5.56 Å². The Balaban J connectivity index is 1.98. The van der Waals surface area contributed by atoms with E-state index in [4.69, 9.17) is 5.11 Å². The Labute approximate surface area is 207 Å². The van der Waals surface area contributed by atoms with Crippen LogP contribution in [0, 0.1) is 5.92 Å². The summed E-state index contributed by atoms with van der Waals surface area (Å²) in [5.74, 6) is -1.83. The average Bonchev–Trinajstić information content (AvgIpc) is 3.32. The maximum Gasteiger partial charge on any atom is 0.246 e. The zero-order valence-electron chi connectivity index (χ0n) is 20.9. The lowest BCUT2D eigenvalue weighted by molar-refractivity contribution is -0.145. The second-order valence-electron chi connectivity index (χ2n) is 10.0. The van der Waals surface area contributed by atoms with E-state index in [2.05, 4.69) is 16.0 Å². The number of aliphatic hydroxyl groups is 1. The summed E-state index contributed by atoms with van der Waals surface area (Å²) in [6.07, 6.45) is 2.80. The Hall–Kier alpha value is -2.94. The minimum atomic E-state index is -1.30. The van der Waals surface area contributed by atoms with Gasteiger partial charge in [-0.05, 0) is 50.5 Å². The number of hydrogen-bond donors (Lipinski definition) is 4. The third-order valence-corrected chi connectivity index (χ3v) is 7.27. The Morgan fingerprint density at radius 2 is 1.74 bits per heavy atom. The van der Waals surface area contributed by atoms with Crippen LogP contribution in [0.3, 0.4) is 0 Å². The highest BCUT2D eigenvalue weighted by molar-refractivity contribution is 5.99. The Kier molecular flexibility index (Phi) is 8.88. The van der Waals surface area contributed by atoms with Crippen LogP contribution in [0.5, 0.6) is 0 Å². The van der Waals surface area contributed by atoms with Gasteiger partial charge in [-0.15, -0.1) is 0 Å². The van der Waals surface area contributed by atoms with Gasteiger partial charge in [-0.3, -0.25) is 19.2 Å². The summed E-state index contributed by atoms with van der Waals surface area (Å²) in [6, 6.07) is 6.99. The molecule has 0 aromatic heterocycles. The van der Waals surface area contributed by atoms with Crippen LogP contribution < -0.4 is 16.0 Å². The van der Waals surface area contributed by atoms with Crippen LogP contribution >= 0.6 is 0 Å². The molecule has 192 valence electrons. The molecule has 0 bridgehead atoms. The van der Waals surface area contributed by atoms with Crippen molar-refractivity contribution in [2.24, 2.45) is 5.92 Å². The summed E-state index contributed by atoms with van der Waals surface area (Å²) in [5.41, 5.74) is -0.409. The van der Waals surface area contributed by atoms with E-state index in [9.17, 15) is 19.2 Å². The number of carbonyl (C=O) groups excluding carboxylic acids is 4. The molecule has 4 N–H and O–H groups in total. The number of amides is 4. The van der Waals surface area contributed by atoms with Gasteiger partial charge in [0, 0.05) is 19.6 Å². The van der Waals surface area contributed by atoms with Crippen LogP contribution in [0.25, 0.3) is 0 Å². The van der Waals surface area contributed by atoms with Crippen molar-refractivity contribution in [3.8, 4) is 0 Å². The van der Waals surface area contributed by atoms with Gasteiger partial charge in [0.2, 0.25) is 23.6 Å². The standard InChI is InChI=1S/C26H38N4O5/c1-17(2)26(3)25(35)28-20(16-18-10-5-4-6-11-18)24(34)30-14-9-13-21(30)23(33)27-19(22(32)29-26)12-7-8-15-31/h4-6,10-11,17,19-21,31H,7-9,12-16H2,1-3H3,(H,27,33)(H,28,35)(H,29,32)/t19-,20?,21+,26-/m0/s1. The quantitative estimate of drug-likeness (QED) is 0.426. The summed E-state index contributed by atoms with van der Waals surface area (Å²) in [4.78, 5) is 55.4. The summed E-state index contributed by atoms with van der Waals surface area (Å²) in [6.45, 7) is 5.71. The number of nitrogens with zero attached hydrogens (tertiary/aromatic N) is 1. The lowest BCUT2D eigenvalue weighted by Gasteiger charge is -2.38. The molecule has 9 nitrogen and oxygen atoms in total. The van der Waals surface area contributed by atoms with Crippen molar-refractivity contribution >= 4 is 23.6 Å². The van der Waals surface area contributed by atoms with E-state index < -0.39 is 35.5 Å². The number of carbonyl (C=O) groups is 4. The highest BCUT2D eigenvalue weighted by atomic mass is 16.3. The predicted molar refractivity (Wildman–Crippen MR) is 131 cm³/mol. The van der Waals surface area contributed by atoms with Gasteiger partial charge in [-0.2, -0.15) is 0 Å². The van der Waals surface area contributed by atoms with E-state index in [1.54, 1.807) is 11.8 Å². The molecule has 2 heterocycles. The summed E-state index contributed by atoms with van der Waals surface area (Å²) < 4.78 is 0. The molecular formula is C26H38N4O5. The maximum absolute atomic E-state index is 13.7. The molecule has 35 heavy (non-hydrogen) atoms. The molecule has 2 fully saturated rings. The SMILES string of the molecule is CC(C)[C@]1(C)NC(=O)[C@H](CCCCO)NC(=O)[C@H]2CCCN2C(=O)C(Cc2ccccc2)NC1=O. The molecule has 1 aromatic carbocycles. The second-order valence-corrected chi connectivity index (χ2v) is 10.0. The maximum atomic E-state index is 13.7. The first-order valence-electron chi connectivity index (χ1n) is 12.6. The fourth-order valence-corrected chi connectivity index (χ4v) is 4.66.